The third-order valence-corrected chi connectivity index (χ3v) is 5.58. The molecule has 0 saturated heterocycles. The van der Waals surface area contributed by atoms with Crippen LogP contribution in [0.25, 0.3) is 10.9 Å². The van der Waals surface area contributed by atoms with Crippen LogP contribution in [0.3, 0.4) is 0 Å². The first-order valence-electron chi connectivity index (χ1n) is 9.59. The lowest BCUT2D eigenvalue weighted by Crippen LogP contribution is -2.37. The molecule has 148 valence electrons. The highest BCUT2D eigenvalue weighted by molar-refractivity contribution is 5.88. The van der Waals surface area contributed by atoms with Gasteiger partial charge in [-0.25, -0.2) is 4.39 Å². The van der Waals surface area contributed by atoms with Crippen LogP contribution in [0.15, 0.2) is 12.1 Å². The maximum atomic E-state index is 14.6. The fourth-order valence-corrected chi connectivity index (χ4v) is 4.09. The third kappa shape index (κ3) is 3.73. The van der Waals surface area contributed by atoms with Crippen LogP contribution in [-0.4, -0.2) is 50.2 Å². The van der Waals surface area contributed by atoms with Crippen LogP contribution >= 0.6 is 0 Å². The molecule has 1 N–H and O–H groups in total. The minimum absolute atomic E-state index is 0.151. The Morgan fingerprint density at radius 1 is 1.41 bits per heavy atom. The van der Waals surface area contributed by atoms with Crippen molar-refractivity contribution in [3.63, 3.8) is 0 Å². The number of nitrogens with zero attached hydrogens (tertiary/aromatic N) is 1. The topological polar surface area (TPSA) is 54.6 Å². The highest BCUT2D eigenvalue weighted by Crippen LogP contribution is 2.42. The van der Waals surface area contributed by atoms with E-state index in [1.165, 1.54) is 7.11 Å². The minimum Gasteiger partial charge on any atom is -0.469 e. The number of aromatic amines is 1. The lowest BCUT2D eigenvalue weighted by Gasteiger charge is -2.35. The number of hydrogen-bond acceptors (Lipinski definition) is 4. The molecule has 2 heterocycles. The van der Waals surface area contributed by atoms with Gasteiger partial charge in [0, 0.05) is 10.9 Å². The number of esters is 1. The Labute approximate surface area is 159 Å². The third-order valence-electron chi connectivity index (χ3n) is 5.58. The fourth-order valence-electron chi connectivity index (χ4n) is 4.09. The predicted octanol–water partition coefficient (Wildman–Crippen LogP) is 3.54. The monoisotopic (exact) mass is 376 g/mol. The summed E-state index contributed by atoms with van der Waals surface area (Å²) in [6.07, 6.45) is 3.09. The Kier molecular flexibility index (Phi) is 5.86. The smallest absolute Gasteiger partial charge is 0.308 e. The number of aromatic nitrogens is 1. The first kappa shape index (κ1) is 19.8. The van der Waals surface area contributed by atoms with Crippen molar-refractivity contribution in [2.45, 2.75) is 44.6 Å². The molecule has 27 heavy (non-hydrogen) atoms. The van der Waals surface area contributed by atoms with E-state index in [9.17, 15) is 9.18 Å². The summed E-state index contributed by atoms with van der Waals surface area (Å²) in [6.45, 7) is 3.45. The molecule has 1 aromatic carbocycles. The quantitative estimate of drug-likeness (QED) is 0.751. The van der Waals surface area contributed by atoms with Crippen LogP contribution in [-0.2, 0) is 32.7 Å². The SMILES string of the molecule is CCC1(CC(=O)OC)OCCc2c1[nH]c1c(CCCN(C)C)c(F)ccc21. The second kappa shape index (κ2) is 7.98. The van der Waals surface area contributed by atoms with Gasteiger partial charge in [-0.1, -0.05) is 6.92 Å². The first-order chi connectivity index (χ1) is 12.9. The molecule has 0 bridgehead atoms. The van der Waals surface area contributed by atoms with Crippen molar-refractivity contribution in [2.75, 3.05) is 34.4 Å². The number of fused-ring (bicyclic) bond motifs is 3. The largest absolute Gasteiger partial charge is 0.469 e. The summed E-state index contributed by atoms with van der Waals surface area (Å²) in [5.74, 6) is -0.489. The van der Waals surface area contributed by atoms with E-state index in [0.29, 0.717) is 25.0 Å². The van der Waals surface area contributed by atoms with E-state index in [0.717, 1.165) is 41.5 Å². The number of benzene rings is 1. The van der Waals surface area contributed by atoms with Gasteiger partial charge in [0.1, 0.15) is 11.4 Å². The Bertz CT molecular complexity index is 830. The van der Waals surface area contributed by atoms with E-state index >= 15 is 0 Å². The number of nitrogens with one attached hydrogen (secondary N) is 1. The number of carbonyl (C=O) groups excluding carboxylic acids is 1. The molecule has 0 amide bonds. The van der Waals surface area contributed by atoms with Crippen LogP contribution in [0.2, 0.25) is 0 Å². The van der Waals surface area contributed by atoms with Crippen molar-refractivity contribution in [3.8, 4) is 0 Å². The predicted molar refractivity (Wildman–Crippen MR) is 103 cm³/mol. The van der Waals surface area contributed by atoms with Gasteiger partial charge in [-0.2, -0.15) is 0 Å². The summed E-state index contributed by atoms with van der Waals surface area (Å²) in [7, 11) is 5.42. The number of methoxy groups -OCH3 is 1. The second-order valence-electron chi connectivity index (χ2n) is 7.53. The molecule has 1 aliphatic rings. The van der Waals surface area contributed by atoms with Crippen LogP contribution in [0, 0.1) is 5.82 Å². The van der Waals surface area contributed by atoms with E-state index in [1.54, 1.807) is 6.07 Å². The molecule has 5 nitrogen and oxygen atoms in total. The summed E-state index contributed by atoms with van der Waals surface area (Å²) in [5, 5.41) is 1.04. The zero-order valence-corrected chi connectivity index (χ0v) is 16.7. The average molecular weight is 376 g/mol. The molecule has 0 saturated carbocycles. The Morgan fingerprint density at radius 3 is 2.85 bits per heavy atom. The summed E-state index contributed by atoms with van der Waals surface area (Å²) < 4.78 is 25.6. The van der Waals surface area contributed by atoms with Gasteiger partial charge in [0.05, 0.1) is 31.3 Å². The summed E-state index contributed by atoms with van der Waals surface area (Å²) in [6, 6.07) is 3.41. The van der Waals surface area contributed by atoms with Gasteiger partial charge in [0.25, 0.3) is 0 Å². The number of rotatable bonds is 7. The summed E-state index contributed by atoms with van der Waals surface area (Å²) >= 11 is 0. The van der Waals surface area contributed by atoms with Crippen molar-refractivity contribution in [3.05, 3.63) is 34.8 Å². The van der Waals surface area contributed by atoms with Crippen molar-refractivity contribution < 1.29 is 18.7 Å². The van der Waals surface area contributed by atoms with Crippen molar-refractivity contribution in [1.82, 2.24) is 9.88 Å². The number of H-pyrrole nitrogens is 1. The van der Waals surface area contributed by atoms with Crippen LogP contribution in [0.1, 0.15) is 43.0 Å². The normalized spacial score (nSPS) is 19.5. The fraction of sp³-hybridized carbons (Fsp3) is 0.571. The Balaban J connectivity index is 2.07. The number of carbonyl (C=O) groups is 1. The number of ether oxygens (including phenoxy) is 2. The first-order valence-corrected chi connectivity index (χ1v) is 9.59. The van der Waals surface area contributed by atoms with Gasteiger partial charge < -0.3 is 19.4 Å². The highest BCUT2D eigenvalue weighted by atomic mass is 19.1. The summed E-state index contributed by atoms with van der Waals surface area (Å²) in [4.78, 5) is 17.6. The Morgan fingerprint density at radius 2 is 2.19 bits per heavy atom. The van der Waals surface area contributed by atoms with Crippen molar-refractivity contribution in [2.24, 2.45) is 0 Å². The zero-order valence-electron chi connectivity index (χ0n) is 16.7. The number of hydrogen-bond donors (Lipinski definition) is 1. The highest BCUT2D eigenvalue weighted by Gasteiger charge is 2.41. The molecule has 0 spiro atoms. The van der Waals surface area contributed by atoms with Crippen molar-refractivity contribution >= 4 is 16.9 Å². The molecule has 0 fully saturated rings. The Hall–Kier alpha value is -1.92. The molecule has 0 radical (unpaired) electrons. The van der Waals surface area contributed by atoms with Crippen molar-refractivity contribution in [1.29, 1.82) is 0 Å². The lowest BCUT2D eigenvalue weighted by atomic mass is 9.86. The molecule has 2 aromatic rings. The molecule has 1 atom stereocenters. The van der Waals surface area contributed by atoms with Crippen LogP contribution in [0.4, 0.5) is 4.39 Å². The van der Waals surface area contributed by atoms with Crippen LogP contribution < -0.4 is 0 Å². The molecule has 3 rings (SSSR count). The maximum Gasteiger partial charge on any atom is 0.308 e. The van der Waals surface area contributed by atoms with E-state index in [1.807, 2.05) is 27.1 Å². The van der Waals surface area contributed by atoms with Gasteiger partial charge in [0.2, 0.25) is 0 Å². The van der Waals surface area contributed by atoms with Gasteiger partial charge in [0.15, 0.2) is 0 Å². The summed E-state index contributed by atoms with van der Waals surface area (Å²) in [5.41, 5.74) is 2.85. The van der Waals surface area contributed by atoms with E-state index in [4.69, 9.17) is 9.47 Å². The second-order valence-corrected chi connectivity index (χ2v) is 7.53. The molecule has 0 aliphatic carbocycles. The molecule has 1 unspecified atom stereocenters. The zero-order chi connectivity index (χ0) is 19.6. The minimum atomic E-state index is -0.739. The van der Waals surface area contributed by atoms with E-state index < -0.39 is 5.60 Å². The van der Waals surface area contributed by atoms with E-state index in [2.05, 4.69) is 9.88 Å². The molecule has 6 heteroatoms. The van der Waals surface area contributed by atoms with Gasteiger partial charge >= 0.3 is 5.97 Å². The maximum absolute atomic E-state index is 14.6. The molecular weight excluding hydrogens is 347 g/mol. The molecule has 1 aromatic heterocycles. The van der Waals surface area contributed by atoms with E-state index in [-0.39, 0.29) is 18.2 Å². The van der Waals surface area contributed by atoms with Gasteiger partial charge in [-0.05, 0) is 64.0 Å². The average Bonchev–Trinajstić information content (AvgIpc) is 3.03. The number of aryl methyl sites for hydroxylation is 1. The van der Waals surface area contributed by atoms with Crippen LogP contribution in [0.5, 0.6) is 0 Å². The number of halogens is 1. The molecule has 1 aliphatic heterocycles. The van der Waals surface area contributed by atoms with Gasteiger partial charge in [-0.3, -0.25) is 4.79 Å². The standard InChI is InChI=1S/C21H29FN2O3/c1-5-21(13-18(25)26-4)20-15(10-12-27-21)14-8-9-17(22)16(19(14)23-20)7-6-11-24(2)3/h8-9,23H,5-7,10-13H2,1-4H3. The molecular formula is C21H29FN2O3. The lowest BCUT2D eigenvalue weighted by molar-refractivity contribution is -0.152. The van der Waals surface area contributed by atoms with Gasteiger partial charge in [-0.15, -0.1) is 0 Å².